The Bertz CT molecular complexity index is 3510. The molecule has 58 heavy (non-hydrogen) atoms. The van der Waals surface area contributed by atoms with E-state index in [0.717, 1.165) is 39.2 Å². The summed E-state index contributed by atoms with van der Waals surface area (Å²) in [5, 5.41) is 8.49. The minimum atomic E-state index is 0.607. The summed E-state index contributed by atoms with van der Waals surface area (Å²) in [6, 6.07) is 66.0. The van der Waals surface area contributed by atoms with Crippen molar-refractivity contribution in [1.82, 2.24) is 24.5 Å². The summed E-state index contributed by atoms with van der Waals surface area (Å²) < 4.78 is 4.82. The van der Waals surface area contributed by atoms with E-state index >= 15 is 0 Å². The van der Waals surface area contributed by atoms with Crippen molar-refractivity contribution in [1.29, 1.82) is 0 Å². The number of benzene rings is 8. The lowest BCUT2D eigenvalue weighted by Crippen LogP contribution is -2.01. The predicted molar refractivity (Wildman–Crippen MR) is 242 cm³/mol. The van der Waals surface area contributed by atoms with E-state index in [1.807, 2.05) is 41.7 Å². The molecule has 270 valence electrons. The molecule has 0 saturated carbocycles. The van der Waals surface area contributed by atoms with Crippen LogP contribution in [-0.2, 0) is 0 Å². The fraction of sp³-hybridized carbons (Fsp3) is 0. The molecular weight excluding hydrogens is 727 g/mol. The van der Waals surface area contributed by atoms with Gasteiger partial charge in [-0.15, -0.1) is 11.3 Å². The summed E-state index contributed by atoms with van der Waals surface area (Å²) in [6.45, 7) is 0. The van der Waals surface area contributed by atoms with E-state index in [2.05, 4.69) is 162 Å². The van der Waals surface area contributed by atoms with E-state index in [1.165, 1.54) is 58.1 Å². The fourth-order valence-electron chi connectivity index (χ4n) is 8.55. The van der Waals surface area contributed by atoms with E-state index in [4.69, 9.17) is 19.9 Å². The molecule has 0 fully saturated rings. The van der Waals surface area contributed by atoms with E-state index in [-0.39, 0.29) is 0 Å². The SMILES string of the molecule is c1ccc(-c2nc(-c3ccc(-n4c5ccccc5c5ccccc54)cc3)nc(-c3cccc(-c4nc5ccc6ccccc6c5c5sc6ccccc6c45)c3)n2)cc1. The maximum absolute atomic E-state index is 5.43. The molecule has 0 unspecified atom stereocenters. The van der Waals surface area contributed by atoms with Crippen LogP contribution in [0.2, 0.25) is 0 Å². The van der Waals surface area contributed by atoms with Crippen molar-refractivity contribution in [3.05, 3.63) is 188 Å². The first-order chi connectivity index (χ1) is 28.7. The molecule has 0 aliphatic carbocycles. The van der Waals surface area contributed by atoms with Crippen LogP contribution in [0.25, 0.3) is 115 Å². The van der Waals surface area contributed by atoms with Gasteiger partial charge in [0, 0.05) is 64.3 Å². The van der Waals surface area contributed by atoms with Gasteiger partial charge in [0.25, 0.3) is 0 Å². The minimum Gasteiger partial charge on any atom is -0.309 e. The molecule has 8 aromatic carbocycles. The zero-order valence-electron chi connectivity index (χ0n) is 31.0. The molecule has 5 nitrogen and oxygen atoms in total. The third kappa shape index (κ3) is 5.16. The van der Waals surface area contributed by atoms with Gasteiger partial charge >= 0.3 is 0 Å². The molecule has 4 heterocycles. The maximum atomic E-state index is 5.43. The smallest absolute Gasteiger partial charge is 0.164 e. The molecule has 0 bridgehead atoms. The number of thiophene rings is 1. The summed E-state index contributed by atoms with van der Waals surface area (Å²) >= 11 is 1.84. The molecule has 0 saturated heterocycles. The highest BCUT2D eigenvalue weighted by Gasteiger charge is 2.20. The number of para-hydroxylation sites is 2. The lowest BCUT2D eigenvalue weighted by atomic mass is 9.98. The quantitative estimate of drug-likeness (QED) is 0.164. The Balaban J connectivity index is 1.02. The molecular formula is C52H31N5S. The van der Waals surface area contributed by atoms with E-state index < -0.39 is 0 Å². The highest BCUT2D eigenvalue weighted by Crippen LogP contribution is 2.45. The number of fused-ring (bicyclic) bond motifs is 10. The van der Waals surface area contributed by atoms with Gasteiger partial charge in [-0.1, -0.05) is 133 Å². The van der Waals surface area contributed by atoms with Gasteiger partial charge in [-0.3, -0.25) is 0 Å². The summed E-state index contributed by atoms with van der Waals surface area (Å²) in [7, 11) is 0. The van der Waals surface area contributed by atoms with Gasteiger partial charge in [0.1, 0.15) is 0 Å². The Morgan fingerprint density at radius 1 is 0.379 bits per heavy atom. The molecule has 0 aliphatic heterocycles. The van der Waals surface area contributed by atoms with Crippen molar-refractivity contribution >= 4 is 75.0 Å². The van der Waals surface area contributed by atoms with Crippen LogP contribution in [0.15, 0.2) is 188 Å². The fourth-order valence-corrected chi connectivity index (χ4v) is 9.82. The van der Waals surface area contributed by atoms with Crippen LogP contribution >= 0.6 is 11.3 Å². The lowest BCUT2D eigenvalue weighted by Gasteiger charge is -2.12. The number of hydrogen-bond acceptors (Lipinski definition) is 5. The van der Waals surface area contributed by atoms with E-state index in [9.17, 15) is 0 Å². The summed E-state index contributed by atoms with van der Waals surface area (Å²) in [6.07, 6.45) is 0. The van der Waals surface area contributed by atoms with Crippen LogP contribution in [0.4, 0.5) is 0 Å². The van der Waals surface area contributed by atoms with Gasteiger partial charge in [-0.2, -0.15) is 0 Å². The second-order valence-corrected chi connectivity index (χ2v) is 15.7. The van der Waals surface area contributed by atoms with E-state index in [1.54, 1.807) is 0 Å². The Morgan fingerprint density at radius 3 is 1.69 bits per heavy atom. The molecule has 0 N–H and O–H groups in total. The predicted octanol–water partition coefficient (Wildman–Crippen LogP) is 13.7. The van der Waals surface area contributed by atoms with Crippen LogP contribution in [-0.4, -0.2) is 24.5 Å². The second-order valence-electron chi connectivity index (χ2n) is 14.6. The van der Waals surface area contributed by atoms with Crippen LogP contribution in [0, 0.1) is 0 Å². The minimum absolute atomic E-state index is 0.607. The Labute approximate surface area is 337 Å². The largest absolute Gasteiger partial charge is 0.309 e. The zero-order valence-corrected chi connectivity index (χ0v) is 31.9. The monoisotopic (exact) mass is 757 g/mol. The average molecular weight is 758 g/mol. The van der Waals surface area contributed by atoms with Gasteiger partial charge in [-0.25, -0.2) is 19.9 Å². The number of pyridine rings is 1. The lowest BCUT2D eigenvalue weighted by molar-refractivity contribution is 1.07. The first-order valence-corrected chi connectivity index (χ1v) is 20.2. The molecule has 4 aromatic heterocycles. The maximum Gasteiger partial charge on any atom is 0.164 e. The van der Waals surface area contributed by atoms with Gasteiger partial charge in [0.05, 0.1) is 22.2 Å². The van der Waals surface area contributed by atoms with Crippen molar-refractivity contribution in [3.8, 4) is 51.1 Å². The number of nitrogens with zero attached hydrogens (tertiary/aromatic N) is 5. The Morgan fingerprint density at radius 2 is 0.948 bits per heavy atom. The summed E-state index contributed by atoms with van der Waals surface area (Å²) in [5.41, 5.74) is 9.12. The van der Waals surface area contributed by atoms with Gasteiger partial charge in [0.15, 0.2) is 17.5 Å². The van der Waals surface area contributed by atoms with Gasteiger partial charge in [-0.05, 0) is 65.4 Å². The van der Waals surface area contributed by atoms with Crippen LogP contribution in [0.5, 0.6) is 0 Å². The first kappa shape index (κ1) is 32.7. The van der Waals surface area contributed by atoms with Crippen molar-refractivity contribution in [3.63, 3.8) is 0 Å². The standard InChI is InChI=1S/C52H31N5S/c1-2-14-33(15-3-1)50-54-51(34-25-28-37(29-26-34)57-43-22-9-6-19-39(43)40-20-7-10-23-44(40)57)56-52(55-50)36-17-12-16-35(31-36)48-47-41-21-8-11-24-45(41)58-49(47)46-38-18-5-4-13-32(38)27-30-42(46)53-48/h1-31H. The third-order valence-corrected chi connectivity index (χ3v) is 12.4. The van der Waals surface area contributed by atoms with Crippen LogP contribution < -0.4 is 0 Å². The molecule has 6 heteroatoms. The van der Waals surface area contributed by atoms with Crippen LogP contribution in [0.1, 0.15) is 0 Å². The normalized spacial score (nSPS) is 11.8. The van der Waals surface area contributed by atoms with Crippen molar-refractivity contribution in [2.24, 2.45) is 0 Å². The first-order valence-electron chi connectivity index (χ1n) is 19.4. The van der Waals surface area contributed by atoms with Crippen molar-refractivity contribution < 1.29 is 0 Å². The topological polar surface area (TPSA) is 56.5 Å². The Hall–Kier alpha value is -7.54. The van der Waals surface area contributed by atoms with Gasteiger partial charge in [0.2, 0.25) is 0 Å². The number of hydrogen-bond donors (Lipinski definition) is 0. The number of aromatic nitrogens is 5. The van der Waals surface area contributed by atoms with Gasteiger partial charge < -0.3 is 4.57 Å². The molecule has 12 rings (SSSR count). The van der Waals surface area contributed by atoms with Crippen LogP contribution in [0.3, 0.4) is 0 Å². The highest BCUT2D eigenvalue weighted by molar-refractivity contribution is 7.27. The Kier molecular flexibility index (Phi) is 7.33. The van der Waals surface area contributed by atoms with Crippen molar-refractivity contribution in [2.75, 3.05) is 0 Å². The summed E-state index contributed by atoms with van der Waals surface area (Å²) in [4.78, 5) is 20.8. The zero-order chi connectivity index (χ0) is 38.2. The molecule has 0 radical (unpaired) electrons. The third-order valence-electron chi connectivity index (χ3n) is 11.2. The molecule has 12 aromatic rings. The number of rotatable bonds is 5. The van der Waals surface area contributed by atoms with Crippen molar-refractivity contribution in [2.45, 2.75) is 0 Å². The summed E-state index contributed by atoms with van der Waals surface area (Å²) in [5.74, 6) is 1.85. The molecule has 0 aliphatic rings. The molecule has 0 atom stereocenters. The molecule has 0 amide bonds. The average Bonchev–Trinajstić information content (AvgIpc) is 3.85. The van der Waals surface area contributed by atoms with E-state index in [0.29, 0.717) is 17.5 Å². The molecule has 0 spiro atoms. The second kappa shape index (κ2) is 13.0. The highest BCUT2D eigenvalue weighted by atomic mass is 32.1.